The van der Waals surface area contributed by atoms with Gasteiger partial charge in [-0.1, -0.05) is 66.7 Å². The summed E-state index contributed by atoms with van der Waals surface area (Å²) in [6.07, 6.45) is 1.59. The van der Waals surface area contributed by atoms with Gasteiger partial charge in [0.15, 0.2) is 6.10 Å². The lowest BCUT2D eigenvalue weighted by Crippen LogP contribution is -2.16. The topological polar surface area (TPSA) is 46.5 Å². The third-order valence-electron chi connectivity index (χ3n) is 5.28. The molecule has 3 nitrogen and oxygen atoms in total. The van der Waals surface area contributed by atoms with E-state index in [-0.39, 0.29) is 5.75 Å². The average Bonchev–Trinajstić information content (AvgIpc) is 2.76. The number of rotatable bonds is 3. The molecule has 0 bridgehead atoms. The Morgan fingerprint density at radius 1 is 0.793 bits per heavy atom. The molecule has 1 aliphatic rings. The number of hydrogen-bond donors (Lipinski definition) is 1. The molecule has 3 heteroatoms. The van der Waals surface area contributed by atoms with Crippen molar-refractivity contribution in [2.75, 3.05) is 0 Å². The largest absolute Gasteiger partial charge is 0.508 e. The summed E-state index contributed by atoms with van der Waals surface area (Å²) in [4.78, 5) is 12.9. The number of phenolic OH excluding ortho intramolecular Hbond substituents is 1. The van der Waals surface area contributed by atoms with Crippen LogP contribution in [-0.4, -0.2) is 11.1 Å². The zero-order valence-corrected chi connectivity index (χ0v) is 15.6. The van der Waals surface area contributed by atoms with Crippen LogP contribution >= 0.6 is 0 Å². The van der Waals surface area contributed by atoms with Gasteiger partial charge < -0.3 is 9.84 Å². The first-order chi connectivity index (χ1) is 14.2. The Morgan fingerprint density at radius 2 is 1.52 bits per heavy atom. The molecule has 0 aromatic heterocycles. The fourth-order valence-electron chi connectivity index (χ4n) is 3.91. The maximum Gasteiger partial charge on any atom is 0.339 e. The highest BCUT2D eigenvalue weighted by Crippen LogP contribution is 2.44. The molecule has 0 radical (unpaired) electrons. The quantitative estimate of drug-likeness (QED) is 0.445. The molecule has 4 aromatic carbocycles. The number of aromatic hydroxyl groups is 1. The average molecular weight is 378 g/mol. The molecule has 4 aromatic rings. The van der Waals surface area contributed by atoms with Crippen molar-refractivity contribution in [3.8, 4) is 5.75 Å². The molecule has 0 aliphatic heterocycles. The lowest BCUT2D eigenvalue weighted by Gasteiger charge is -2.27. The van der Waals surface area contributed by atoms with Gasteiger partial charge in [0.25, 0.3) is 0 Å². The van der Waals surface area contributed by atoms with E-state index < -0.39 is 12.1 Å². The Hall–Kier alpha value is -3.85. The van der Waals surface area contributed by atoms with Crippen molar-refractivity contribution in [2.24, 2.45) is 0 Å². The molecule has 140 valence electrons. The maximum atomic E-state index is 12.9. The van der Waals surface area contributed by atoms with Gasteiger partial charge in [-0.15, -0.1) is 0 Å². The van der Waals surface area contributed by atoms with Crippen molar-refractivity contribution in [2.45, 2.75) is 6.10 Å². The van der Waals surface area contributed by atoms with Crippen molar-refractivity contribution in [1.82, 2.24) is 0 Å². The highest BCUT2D eigenvalue weighted by atomic mass is 16.5. The maximum absolute atomic E-state index is 12.9. The summed E-state index contributed by atoms with van der Waals surface area (Å²) in [5.74, 6) is -0.309. The Morgan fingerprint density at radius 3 is 2.28 bits per heavy atom. The fraction of sp³-hybridized carbons (Fsp3) is 0.0385. The number of ether oxygens (including phenoxy) is 1. The summed E-state index contributed by atoms with van der Waals surface area (Å²) in [5, 5.41) is 11.7. The number of esters is 1. The minimum Gasteiger partial charge on any atom is -0.508 e. The molecule has 29 heavy (non-hydrogen) atoms. The van der Waals surface area contributed by atoms with E-state index in [4.69, 9.17) is 4.74 Å². The van der Waals surface area contributed by atoms with E-state index in [9.17, 15) is 9.90 Å². The predicted octanol–water partition coefficient (Wildman–Crippen LogP) is 6.00. The zero-order chi connectivity index (χ0) is 19.8. The molecular formula is C26H18O3. The summed E-state index contributed by atoms with van der Waals surface area (Å²) in [7, 11) is 0. The van der Waals surface area contributed by atoms with E-state index in [2.05, 4.69) is 24.3 Å². The second kappa shape index (κ2) is 6.95. The van der Waals surface area contributed by atoms with Crippen LogP contribution in [-0.2, 0) is 4.74 Å². The fourth-order valence-corrected chi connectivity index (χ4v) is 3.91. The molecule has 5 rings (SSSR count). The Balaban J connectivity index is 1.64. The summed E-state index contributed by atoms with van der Waals surface area (Å²) in [5.41, 5.74) is 4.47. The molecular weight excluding hydrogens is 360 g/mol. The van der Waals surface area contributed by atoms with Gasteiger partial charge >= 0.3 is 5.97 Å². The predicted molar refractivity (Wildman–Crippen MR) is 115 cm³/mol. The number of benzene rings is 4. The molecule has 0 heterocycles. The van der Waals surface area contributed by atoms with Crippen LogP contribution in [0.5, 0.6) is 5.75 Å². The number of carbonyl (C=O) groups excluding carboxylic acids is 1. The first kappa shape index (κ1) is 17.3. The van der Waals surface area contributed by atoms with Crippen molar-refractivity contribution in [1.29, 1.82) is 0 Å². The number of carbonyl (C=O) groups is 1. The Kier molecular flexibility index (Phi) is 4.14. The molecule has 0 spiro atoms. The number of phenols is 1. The molecule has 1 N–H and O–H groups in total. The van der Waals surface area contributed by atoms with E-state index in [1.54, 1.807) is 12.1 Å². The number of hydrogen-bond acceptors (Lipinski definition) is 3. The highest BCUT2D eigenvalue weighted by Gasteiger charge is 2.29. The molecule has 0 fully saturated rings. The van der Waals surface area contributed by atoms with Crippen LogP contribution in [0.15, 0.2) is 91.0 Å². The van der Waals surface area contributed by atoms with Gasteiger partial charge in [-0.25, -0.2) is 4.79 Å². The summed E-state index contributed by atoms with van der Waals surface area (Å²) in [6.45, 7) is 0. The van der Waals surface area contributed by atoms with Crippen molar-refractivity contribution in [3.63, 3.8) is 0 Å². The second-order valence-corrected chi connectivity index (χ2v) is 7.09. The van der Waals surface area contributed by atoms with E-state index in [0.717, 1.165) is 33.0 Å². The molecule has 1 unspecified atom stereocenters. The van der Waals surface area contributed by atoms with E-state index >= 15 is 0 Å². The van der Waals surface area contributed by atoms with Crippen LogP contribution in [0.4, 0.5) is 0 Å². The highest BCUT2D eigenvalue weighted by molar-refractivity contribution is 6.04. The van der Waals surface area contributed by atoms with Gasteiger partial charge in [0.1, 0.15) is 5.75 Å². The van der Waals surface area contributed by atoms with Crippen LogP contribution in [0.2, 0.25) is 0 Å². The smallest absolute Gasteiger partial charge is 0.339 e. The SMILES string of the molecule is O=C(OC1C(c2ccccc2)=Cc2cccc3cccc1c23)c1ccc(O)cc1. The van der Waals surface area contributed by atoms with Crippen molar-refractivity contribution < 1.29 is 14.6 Å². The monoisotopic (exact) mass is 378 g/mol. The standard InChI is InChI=1S/C26H18O3/c27-21-14-12-19(13-15-21)26(28)29-25-22-11-5-9-18-8-4-10-20(24(18)22)16-23(25)17-6-2-1-3-7-17/h1-16,25,27H. The molecule has 0 saturated heterocycles. The Bertz CT molecular complexity index is 1230. The van der Waals surface area contributed by atoms with E-state index in [1.165, 1.54) is 12.1 Å². The first-order valence-corrected chi connectivity index (χ1v) is 9.49. The summed E-state index contributed by atoms with van der Waals surface area (Å²) >= 11 is 0. The molecule has 0 amide bonds. The van der Waals surface area contributed by atoms with Crippen LogP contribution in [0.3, 0.4) is 0 Å². The lowest BCUT2D eigenvalue weighted by atomic mass is 9.84. The van der Waals surface area contributed by atoms with Crippen LogP contribution in [0, 0.1) is 0 Å². The van der Waals surface area contributed by atoms with Gasteiger partial charge in [0.2, 0.25) is 0 Å². The van der Waals surface area contributed by atoms with Gasteiger partial charge in [-0.3, -0.25) is 0 Å². The van der Waals surface area contributed by atoms with Gasteiger partial charge in [0, 0.05) is 11.1 Å². The van der Waals surface area contributed by atoms with Crippen molar-refractivity contribution >= 4 is 28.4 Å². The molecule has 1 aliphatic carbocycles. The van der Waals surface area contributed by atoms with E-state index in [0.29, 0.717) is 5.56 Å². The van der Waals surface area contributed by atoms with Gasteiger partial charge in [-0.05, 0) is 52.2 Å². The summed E-state index contributed by atoms with van der Waals surface area (Å²) in [6, 6.07) is 28.4. The third kappa shape index (κ3) is 3.07. The minimum absolute atomic E-state index is 0.114. The van der Waals surface area contributed by atoms with Crippen molar-refractivity contribution in [3.05, 3.63) is 113 Å². The van der Waals surface area contributed by atoms with Crippen LogP contribution in [0.1, 0.15) is 33.2 Å². The van der Waals surface area contributed by atoms with Crippen LogP contribution < -0.4 is 0 Å². The zero-order valence-electron chi connectivity index (χ0n) is 15.6. The molecule has 1 atom stereocenters. The third-order valence-corrected chi connectivity index (χ3v) is 5.28. The van der Waals surface area contributed by atoms with Gasteiger partial charge in [0.05, 0.1) is 5.56 Å². The molecule has 0 saturated carbocycles. The van der Waals surface area contributed by atoms with Gasteiger partial charge in [-0.2, -0.15) is 0 Å². The normalized spacial score (nSPS) is 15.0. The van der Waals surface area contributed by atoms with E-state index in [1.807, 2.05) is 48.5 Å². The minimum atomic E-state index is -0.516. The first-order valence-electron chi connectivity index (χ1n) is 9.49. The van der Waals surface area contributed by atoms with Crippen LogP contribution in [0.25, 0.3) is 22.4 Å². The lowest BCUT2D eigenvalue weighted by molar-refractivity contribution is 0.0411. The second-order valence-electron chi connectivity index (χ2n) is 7.09. The Labute approximate surface area is 168 Å². The summed E-state index contributed by atoms with van der Waals surface area (Å²) < 4.78 is 6.04.